The van der Waals surface area contributed by atoms with Gasteiger partial charge in [0.15, 0.2) is 0 Å². The number of rotatable bonds is 6. The number of aromatic hydroxyl groups is 1. The molecule has 0 aliphatic heterocycles. The van der Waals surface area contributed by atoms with Gasteiger partial charge in [-0.15, -0.1) is 0 Å². The molecule has 0 aliphatic rings. The highest BCUT2D eigenvalue weighted by atomic mass is 16.3. The van der Waals surface area contributed by atoms with E-state index in [0.717, 1.165) is 0 Å². The van der Waals surface area contributed by atoms with Crippen molar-refractivity contribution in [2.24, 2.45) is 0 Å². The van der Waals surface area contributed by atoms with Gasteiger partial charge in [-0.1, -0.05) is 20.8 Å². The molecule has 1 aromatic rings. The van der Waals surface area contributed by atoms with E-state index in [-0.39, 0.29) is 5.75 Å². The Morgan fingerprint density at radius 2 is 1.05 bits per heavy atom. The molecule has 3 atom stereocenters. The van der Waals surface area contributed by atoms with Crippen LogP contribution in [0.5, 0.6) is 5.75 Å². The highest BCUT2D eigenvalue weighted by Gasteiger charge is 2.34. The zero-order chi connectivity index (χ0) is 17.3. The molecule has 0 bridgehead atoms. The molecule has 0 amide bonds. The summed E-state index contributed by atoms with van der Waals surface area (Å²) in [5, 5.41) is 42.3. The molecular formula is C18H30O4. The average Bonchev–Trinajstić information content (AvgIpc) is 2.46. The first-order valence-electron chi connectivity index (χ1n) is 7.98. The summed E-state index contributed by atoms with van der Waals surface area (Å²) in [6, 6.07) is 3.27. The van der Waals surface area contributed by atoms with Crippen LogP contribution in [-0.2, 0) is 16.8 Å². The van der Waals surface area contributed by atoms with Crippen LogP contribution in [0.1, 0.15) is 77.5 Å². The molecule has 1 aromatic carbocycles. The lowest BCUT2D eigenvalue weighted by Crippen LogP contribution is -2.28. The van der Waals surface area contributed by atoms with Gasteiger partial charge in [0, 0.05) is 11.1 Å². The summed E-state index contributed by atoms with van der Waals surface area (Å²) in [6.07, 6.45) is 1.30. The molecule has 126 valence electrons. The number of benzene rings is 1. The Bertz CT molecular complexity index is 493. The Kier molecular flexibility index (Phi) is 5.33. The Hall–Kier alpha value is -1.10. The van der Waals surface area contributed by atoms with Crippen molar-refractivity contribution in [1.82, 2.24) is 0 Å². The SMILES string of the molecule is CCC(C)(O)c1cc(C(C)(O)CC)c(O)c(C(C)(O)CC)c1. The lowest BCUT2D eigenvalue weighted by Gasteiger charge is -2.32. The van der Waals surface area contributed by atoms with Crippen molar-refractivity contribution in [3.8, 4) is 5.75 Å². The van der Waals surface area contributed by atoms with Gasteiger partial charge >= 0.3 is 0 Å². The third-order valence-corrected chi connectivity index (χ3v) is 4.96. The predicted molar refractivity (Wildman–Crippen MR) is 87.7 cm³/mol. The molecule has 0 saturated heterocycles. The monoisotopic (exact) mass is 310 g/mol. The van der Waals surface area contributed by atoms with Gasteiger partial charge in [0.2, 0.25) is 0 Å². The molecular weight excluding hydrogens is 280 g/mol. The molecule has 4 nitrogen and oxygen atoms in total. The van der Waals surface area contributed by atoms with Crippen molar-refractivity contribution in [2.45, 2.75) is 77.6 Å². The third-order valence-electron chi connectivity index (χ3n) is 4.96. The lowest BCUT2D eigenvalue weighted by atomic mass is 9.80. The zero-order valence-electron chi connectivity index (χ0n) is 14.6. The number of phenols is 1. The standard InChI is InChI=1S/C18H30O4/c1-7-16(4,20)12-10-13(17(5,21)8-2)15(19)14(11-12)18(6,22)9-3/h10-11,19-22H,7-9H2,1-6H3. The first-order chi connectivity index (χ1) is 9.93. The zero-order valence-corrected chi connectivity index (χ0v) is 14.6. The van der Waals surface area contributed by atoms with E-state index in [4.69, 9.17) is 0 Å². The van der Waals surface area contributed by atoms with Crippen LogP contribution in [0.25, 0.3) is 0 Å². The van der Waals surface area contributed by atoms with Gasteiger partial charge in [-0.3, -0.25) is 0 Å². The van der Waals surface area contributed by atoms with E-state index in [1.54, 1.807) is 32.9 Å². The molecule has 0 fully saturated rings. The summed E-state index contributed by atoms with van der Waals surface area (Å²) in [7, 11) is 0. The summed E-state index contributed by atoms with van der Waals surface area (Å²) >= 11 is 0. The average molecular weight is 310 g/mol. The summed E-state index contributed by atoms with van der Waals surface area (Å²) in [5.41, 5.74) is -2.30. The number of phenolic OH excluding ortho intramolecular Hbond substituents is 1. The topological polar surface area (TPSA) is 80.9 Å². The van der Waals surface area contributed by atoms with Gasteiger partial charge in [0.25, 0.3) is 0 Å². The van der Waals surface area contributed by atoms with Crippen LogP contribution in [0.4, 0.5) is 0 Å². The van der Waals surface area contributed by atoms with E-state index in [1.165, 1.54) is 0 Å². The normalized spacial score (nSPS) is 20.0. The van der Waals surface area contributed by atoms with E-state index < -0.39 is 16.8 Å². The number of aliphatic hydroxyl groups is 3. The molecule has 0 heterocycles. The Morgan fingerprint density at radius 3 is 1.32 bits per heavy atom. The van der Waals surface area contributed by atoms with Crippen LogP contribution in [0.3, 0.4) is 0 Å². The predicted octanol–water partition coefficient (Wildman–Crippen LogP) is 3.24. The van der Waals surface area contributed by atoms with Gasteiger partial charge in [-0.2, -0.15) is 0 Å². The molecule has 4 N–H and O–H groups in total. The first kappa shape index (κ1) is 18.9. The molecule has 4 heteroatoms. The quantitative estimate of drug-likeness (QED) is 0.650. The highest BCUT2D eigenvalue weighted by molar-refractivity contribution is 5.50. The van der Waals surface area contributed by atoms with Crippen LogP contribution >= 0.6 is 0 Å². The van der Waals surface area contributed by atoms with Gasteiger partial charge in [0.1, 0.15) is 5.75 Å². The fourth-order valence-electron chi connectivity index (χ4n) is 2.35. The maximum absolute atomic E-state index is 10.6. The summed E-state index contributed by atoms with van der Waals surface area (Å²) in [6.45, 7) is 10.4. The van der Waals surface area contributed by atoms with E-state index in [1.807, 2.05) is 20.8 Å². The molecule has 0 aliphatic carbocycles. The summed E-state index contributed by atoms with van der Waals surface area (Å²) < 4.78 is 0. The molecule has 1 rings (SSSR count). The first-order valence-corrected chi connectivity index (χ1v) is 7.98. The van der Waals surface area contributed by atoms with E-state index >= 15 is 0 Å². The maximum atomic E-state index is 10.6. The van der Waals surface area contributed by atoms with Crippen molar-refractivity contribution >= 4 is 0 Å². The minimum absolute atomic E-state index is 0.102. The highest BCUT2D eigenvalue weighted by Crippen LogP contribution is 2.42. The van der Waals surface area contributed by atoms with Gasteiger partial charge < -0.3 is 20.4 Å². The van der Waals surface area contributed by atoms with Crippen molar-refractivity contribution in [1.29, 1.82) is 0 Å². The van der Waals surface area contributed by atoms with Crippen molar-refractivity contribution < 1.29 is 20.4 Å². The van der Waals surface area contributed by atoms with E-state index in [9.17, 15) is 20.4 Å². The minimum Gasteiger partial charge on any atom is -0.507 e. The maximum Gasteiger partial charge on any atom is 0.127 e. The van der Waals surface area contributed by atoms with Gasteiger partial charge in [-0.05, 0) is 57.7 Å². The molecule has 0 spiro atoms. The molecule has 22 heavy (non-hydrogen) atoms. The van der Waals surface area contributed by atoms with Crippen LogP contribution in [0.2, 0.25) is 0 Å². The Balaban J connectivity index is 3.73. The van der Waals surface area contributed by atoms with Gasteiger partial charge in [0.05, 0.1) is 16.8 Å². The number of hydrogen-bond donors (Lipinski definition) is 4. The smallest absolute Gasteiger partial charge is 0.127 e. The fourth-order valence-corrected chi connectivity index (χ4v) is 2.35. The van der Waals surface area contributed by atoms with Crippen LogP contribution in [0.15, 0.2) is 12.1 Å². The summed E-state index contributed by atoms with van der Waals surface area (Å²) in [4.78, 5) is 0. The summed E-state index contributed by atoms with van der Waals surface area (Å²) in [5.74, 6) is -0.102. The van der Waals surface area contributed by atoms with Gasteiger partial charge in [-0.25, -0.2) is 0 Å². The largest absolute Gasteiger partial charge is 0.507 e. The minimum atomic E-state index is -1.23. The third kappa shape index (κ3) is 3.45. The second kappa shape index (κ2) is 6.19. The Morgan fingerprint density at radius 1 is 0.727 bits per heavy atom. The molecule has 0 aromatic heterocycles. The second-order valence-corrected chi connectivity index (χ2v) is 6.80. The Labute approximate surface area is 133 Å². The second-order valence-electron chi connectivity index (χ2n) is 6.80. The van der Waals surface area contributed by atoms with Crippen LogP contribution in [0, 0.1) is 0 Å². The van der Waals surface area contributed by atoms with E-state index in [2.05, 4.69) is 0 Å². The lowest BCUT2D eigenvalue weighted by molar-refractivity contribution is 0.0360. The van der Waals surface area contributed by atoms with E-state index in [0.29, 0.717) is 36.0 Å². The van der Waals surface area contributed by atoms with Crippen molar-refractivity contribution in [3.63, 3.8) is 0 Å². The molecule has 0 radical (unpaired) electrons. The fraction of sp³-hybridized carbons (Fsp3) is 0.667. The molecule has 3 unspecified atom stereocenters. The van der Waals surface area contributed by atoms with Crippen molar-refractivity contribution in [2.75, 3.05) is 0 Å². The van der Waals surface area contributed by atoms with Crippen LogP contribution < -0.4 is 0 Å². The number of hydrogen-bond acceptors (Lipinski definition) is 4. The van der Waals surface area contributed by atoms with Crippen molar-refractivity contribution in [3.05, 3.63) is 28.8 Å². The molecule has 0 saturated carbocycles. The van der Waals surface area contributed by atoms with Crippen LogP contribution in [-0.4, -0.2) is 20.4 Å².